The first kappa shape index (κ1) is 15.1. The molecule has 1 fully saturated rings. The van der Waals surface area contributed by atoms with Crippen LogP contribution in [0.4, 0.5) is 5.82 Å². The minimum absolute atomic E-state index is 0.215. The van der Waals surface area contributed by atoms with Gasteiger partial charge in [-0.1, -0.05) is 30.9 Å². The SMILES string of the molecule is Nc1cc(C(=O)NCCOC2CCCCC2)cc(Cl)n1. The van der Waals surface area contributed by atoms with E-state index in [-0.39, 0.29) is 16.9 Å². The molecule has 6 heteroatoms. The summed E-state index contributed by atoms with van der Waals surface area (Å²) in [4.78, 5) is 15.7. The minimum Gasteiger partial charge on any atom is -0.384 e. The topological polar surface area (TPSA) is 77.2 Å². The van der Waals surface area contributed by atoms with E-state index < -0.39 is 0 Å². The van der Waals surface area contributed by atoms with Gasteiger partial charge in [0.1, 0.15) is 11.0 Å². The second kappa shape index (κ2) is 7.45. The van der Waals surface area contributed by atoms with E-state index in [2.05, 4.69) is 10.3 Å². The number of halogens is 1. The molecule has 2 rings (SSSR count). The van der Waals surface area contributed by atoms with Crippen LogP contribution < -0.4 is 11.1 Å². The molecule has 1 aromatic heterocycles. The van der Waals surface area contributed by atoms with Crippen molar-refractivity contribution < 1.29 is 9.53 Å². The number of anilines is 1. The van der Waals surface area contributed by atoms with Gasteiger partial charge in [0.2, 0.25) is 0 Å². The Morgan fingerprint density at radius 3 is 2.85 bits per heavy atom. The van der Waals surface area contributed by atoms with Crippen LogP contribution in [-0.2, 0) is 4.74 Å². The molecule has 1 saturated carbocycles. The quantitative estimate of drug-likeness (QED) is 0.646. The Kier molecular flexibility index (Phi) is 5.61. The van der Waals surface area contributed by atoms with Crippen LogP contribution in [0.2, 0.25) is 5.15 Å². The molecule has 0 aromatic carbocycles. The van der Waals surface area contributed by atoms with Gasteiger partial charge in [0.05, 0.1) is 12.7 Å². The molecule has 0 spiro atoms. The molecule has 0 radical (unpaired) electrons. The molecule has 0 atom stereocenters. The van der Waals surface area contributed by atoms with E-state index in [0.717, 1.165) is 12.8 Å². The third-order valence-corrected chi connectivity index (χ3v) is 3.56. The fourth-order valence-electron chi connectivity index (χ4n) is 2.37. The predicted octanol–water partition coefficient (Wildman–Crippen LogP) is 2.40. The summed E-state index contributed by atoms with van der Waals surface area (Å²) >= 11 is 5.76. The minimum atomic E-state index is -0.215. The molecule has 1 heterocycles. The van der Waals surface area contributed by atoms with Gasteiger partial charge < -0.3 is 15.8 Å². The van der Waals surface area contributed by atoms with Crippen molar-refractivity contribution in [1.82, 2.24) is 10.3 Å². The second-order valence-corrected chi connectivity index (χ2v) is 5.38. The lowest BCUT2D eigenvalue weighted by Crippen LogP contribution is -2.29. The van der Waals surface area contributed by atoms with Gasteiger partial charge in [-0.15, -0.1) is 0 Å². The van der Waals surface area contributed by atoms with E-state index in [1.54, 1.807) is 0 Å². The molecule has 5 nitrogen and oxygen atoms in total. The van der Waals surface area contributed by atoms with E-state index in [1.807, 2.05) is 0 Å². The first-order chi connectivity index (χ1) is 9.65. The first-order valence-electron chi connectivity index (χ1n) is 6.98. The third kappa shape index (κ3) is 4.65. The predicted molar refractivity (Wildman–Crippen MR) is 78.8 cm³/mol. The maximum absolute atomic E-state index is 11.9. The van der Waals surface area contributed by atoms with E-state index >= 15 is 0 Å². The molecule has 110 valence electrons. The van der Waals surface area contributed by atoms with E-state index in [4.69, 9.17) is 22.1 Å². The molecule has 0 bridgehead atoms. The third-order valence-electron chi connectivity index (χ3n) is 3.37. The Morgan fingerprint density at radius 1 is 1.40 bits per heavy atom. The van der Waals surface area contributed by atoms with Crippen molar-refractivity contribution in [3.05, 3.63) is 22.8 Å². The Balaban J connectivity index is 1.71. The van der Waals surface area contributed by atoms with Crippen LogP contribution in [0.25, 0.3) is 0 Å². The van der Waals surface area contributed by atoms with Crippen molar-refractivity contribution in [2.75, 3.05) is 18.9 Å². The molecule has 3 N–H and O–H groups in total. The summed E-state index contributed by atoms with van der Waals surface area (Å²) in [7, 11) is 0. The Hall–Kier alpha value is -1.33. The molecule has 1 amide bonds. The van der Waals surface area contributed by atoms with Gasteiger partial charge >= 0.3 is 0 Å². The standard InChI is InChI=1S/C14H20ClN3O2/c15-12-8-10(9-13(16)18-12)14(19)17-6-7-20-11-4-2-1-3-5-11/h8-9,11H,1-7H2,(H2,16,18)(H,17,19). The van der Waals surface area contributed by atoms with Gasteiger partial charge in [-0.25, -0.2) is 4.98 Å². The van der Waals surface area contributed by atoms with Crippen molar-refractivity contribution in [2.24, 2.45) is 0 Å². The largest absolute Gasteiger partial charge is 0.384 e. The van der Waals surface area contributed by atoms with Crippen LogP contribution in [-0.4, -0.2) is 30.1 Å². The van der Waals surface area contributed by atoms with Crippen molar-refractivity contribution in [1.29, 1.82) is 0 Å². The molecule has 0 saturated heterocycles. The number of hydrogen-bond donors (Lipinski definition) is 2. The molecule has 20 heavy (non-hydrogen) atoms. The molecule has 0 aliphatic heterocycles. The summed E-state index contributed by atoms with van der Waals surface area (Å²) < 4.78 is 5.74. The Bertz CT molecular complexity index is 441. The zero-order valence-corrected chi connectivity index (χ0v) is 12.2. The normalized spacial score (nSPS) is 16.1. The van der Waals surface area contributed by atoms with E-state index in [1.165, 1.54) is 31.4 Å². The Labute approximate surface area is 123 Å². The number of nitrogens with one attached hydrogen (secondary N) is 1. The summed E-state index contributed by atoms with van der Waals surface area (Å²) in [6.07, 6.45) is 6.40. The number of aromatic nitrogens is 1. The van der Waals surface area contributed by atoms with Crippen LogP contribution in [0.3, 0.4) is 0 Å². The van der Waals surface area contributed by atoms with Crippen LogP contribution in [0, 0.1) is 0 Å². The zero-order chi connectivity index (χ0) is 14.4. The fourth-order valence-corrected chi connectivity index (χ4v) is 2.59. The number of nitrogens with zero attached hydrogens (tertiary/aromatic N) is 1. The zero-order valence-electron chi connectivity index (χ0n) is 11.4. The van der Waals surface area contributed by atoms with Crippen molar-refractivity contribution >= 4 is 23.3 Å². The van der Waals surface area contributed by atoms with Gasteiger partial charge in [0.15, 0.2) is 0 Å². The molecule has 1 aliphatic rings. The van der Waals surface area contributed by atoms with Crippen LogP contribution in [0.1, 0.15) is 42.5 Å². The lowest BCUT2D eigenvalue weighted by Gasteiger charge is -2.22. The summed E-state index contributed by atoms with van der Waals surface area (Å²) in [5.41, 5.74) is 5.97. The van der Waals surface area contributed by atoms with Gasteiger partial charge in [0, 0.05) is 12.1 Å². The number of pyridine rings is 1. The molecule has 1 aromatic rings. The number of hydrogen-bond acceptors (Lipinski definition) is 4. The smallest absolute Gasteiger partial charge is 0.251 e. The average Bonchev–Trinajstić information content (AvgIpc) is 2.43. The van der Waals surface area contributed by atoms with Gasteiger partial charge in [-0.3, -0.25) is 4.79 Å². The van der Waals surface area contributed by atoms with Crippen LogP contribution in [0.15, 0.2) is 12.1 Å². The summed E-state index contributed by atoms with van der Waals surface area (Å²) in [5, 5.41) is 3.00. The number of carbonyl (C=O) groups excluding carboxylic acids is 1. The summed E-state index contributed by atoms with van der Waals surface area (Å²) in [6, 6.07) is 3.00. The van der Waals surface area contributed by atoms with Crippen molar-refractivity contribution in [3.8, 4) is 0 Å². The lowest BCUT2D eigenvalue weighted by molar-refractivity contribution is 0.0299. The van der Waals surface area contributed by atoms with E-state index in [0.29, 0.717) is 24.8 Å². The number of nitrogens with two attached hydrogens (primary N) is 1. The molecule has 1 aliphatic carbocycles. The highest BCUT2D eigenvalue weighted by molar-refractivity contribution is 6.29. The molecular weight excluding hydrogens is 278 g/mol. The number of nitrogen functional groups attached to an aromatic ring is 1. The van der Waals surface area contributed by atoms with E-state index in [9.17, 15) is 4.79 Å². The first-order valence-corrected chi connectivity index (χ1v) is 7.36. The second-order valence-electron chi connectivity index (χ2n) is 4.99. The summed E-state index contributed by atoms with van der Waals surface area (Å²) in [5.74, 6) is 0.0225. The number of rotatable bonds is 5. The van der Waals surface area contributed by atoms with Crippen molar-refractivity contribution in [3.63, 3.8) is 0 Å². The number of ether oxygens (including phenoxy) is 1. The summed E-state index contributed by atoms with van der Waals surface area (Å²) in [6.45, 7) is 1.01. The monoisotopic (exact) mass is 297 g/mol. The van der Waals surface area contributed by atoms with Gasteiger partial charge in [-0.05, 0) is 25.0 Å². The Morgan fingerprint density at radius 2 is 2.15 bits per heavy atom. The molecule has 0 unspecified atom stereocenters. The van der Waals surface area contributed by atoms with Gasteiger partial charge in [-0.2, -0.15) is 0 Å². The van der Waals surface area contributed by atoms with Crippen LogP contribution >= 0.6 is 11.6 Å². The highest BCUT2D eigenvalue weighted by atomic mass is 35.5. The maximum atomic E-state index is 11.9. The maximum Gasteiger partial charge on any atom is 0.251 e. The number of amides is 1. The highest BCUT2D eigenvalue weighted by Crippen LogP contribution is 2.19. The van der Waals surface area contributed by atoms with Crippen LogP contribution in [0.5, 0.6) is 0 Å². The highest BCUT2D eigenvalue weighted by Gasteiger charge is 2.13. The van der Waals surface area contributed by atoms with Gasteiger partial charge in [0.25, 0.3) is 5.91 Å². The average molecular weight is 298 g/mol. The lowest BCUT2D eigenvalue weighted by atomic mass is 9.98. The fraction of sp³-hybridized carbons (Fsp3) is 0.571. The van der Waals surface area contributed by atoms with Crippen molar-refractivity contribution in [2.45, 2.75) is 38.2 Å². The molecular formula is C14H20ClN3O2. The number of carbonyl (C=O) groups is 1.